The van der Waals surface area contributed by atoms with Crippen LogP contribution in [0.15, 0.2) is 36.0 Å². The van der Waals surface area contributed by atoms with E-state index in [0.29, 0.717) is 6.42 Å². The van der Waals surface area contributed by atoms with Crippen molar-refractivity contribution in [1.29, 1.82) is 0 Å². The quantitative estimate of drug-likeness (QED) is 0.542. The highest BCUT2D eigenvalue weighted by Gasteiger charge is 2.08. The lowest BCUT2D eigenvalue weighted by atomic mass is 10.1. The third-order valence-corrected chi connectivity index (χ3v) is 1.87. The summed E-state index contributed by atoms with van der Waals surface area (Å²) in [6, 6.07) is 9.35. The van der Waals surface area contributed by atoms with Gasteiger partial charge in [-0.25, -0.2) is 0 Å². The van der Waals surface area contributed by atoms with E-state index in [0.717, 1.165) is 12.0 Å². The van der Waals surface area contributed by atoms with Crippen molar-refractivity contribution >= 4 is 6.08 Å². The highest BCUT2D eigenvalue weighted by Crippen LogP contribution is 2.11. The summed E-state index contributed by atoms with van der Waals surface area (Å²) in [5, 5.41) is 10.6. The van der Waals surface area contributed by atoms with Gasteiger partial charge < -0.3 is 0 Å². The fraction of sp³-hybridized carbons (Fsp3) is 0.273. The summed E-state index contributed by atoms with van der Waals surface area (Å²) in [6.07, 6.45) is 2.94. The maximum atomic E-state index is 10.6. The summed E-state index contributed by atoms with van der Waals surface area (Å²) in [5.41, 5.74) is 1.16. The molecule has 1 rings (SSSR count). The van der Waals surface area contributed by atoms with E-state index in [-0.39, 0.29) is 10.6 Å². The molecular formula is C11H13NO2. The van der Waals surface area contributed by atoms with Crippen LogP contribution in [0.4, 0.5) is 0 Å². The number of nitro groups is 1. The molecule has 1 aromatic carbocycles. The molecule has 74 valence electrons. The van der Waals surface area contributed by atoms with E-state index in [2.05, 4.69) is 0 Å². The van der Waals surface area contributed by atoms with Gasteiger partial charge >= 0.3 is 0 Å². The van der Waals surface area contributed by atoms with E-state index in [1.54, 1.807) is 6.08 Å². The number of hydrogen-bond acceptors (Lipinski definition) is 2. The molecule has 0 unspecified atom stereocenters. The monoisotopic (exact) mass is 191 g/mol. The zero-order chi connectivity index (χ0) is 10.4. The molecular weight excluding hydrogens is 178 g/mol. The fourth-order valence-electron chi connectivity index (χ4n) is 1.21. The van der Waals surface area contributed by atoms with Crippen molar-refractivity contribution in [2.24, 2.45) is 0 Å². The molecule has 3 nitrogen and oxygen atoms in total. The topological polar surface area (TPSA) is 43.1 Å². The predicted molar refractivity (Wildman–Crippen MR) is 56.3 cm³/mol. The summed E-state index contributed by atoms with van der Waals surface area (Å²) in [5.74, 6) is 0. The first-order valence-electron chi connectivity index (χ1n) is 4.64. The standard InChI is InChI=1S/C11H13NO2/c1-2-6-11(12(13)14)9-10-7-4-3-5-8-10/h3-5,7-9H,2,6H2,1H3. The largest absolute Gasteiger partial charge is 0.259 e. The van der Waals surface area contributed by atoms with Gasteiger partial charge in [-0.1, -0.05) is 37.3 Å². The number of rotatable bonds is 4. The van der Waals surface area contributed by atoms with Crippen LogP contribution in [-0.2, 0) is 0 Å². The van der Waals surface area contributed by atoms with E-state index in [9.17, 15) is 10.1 Å². The molecule has 0 fully saturated rings. The van der Waals surface area contributed by atoms with Crippen molar-refractivity contribution in [3.8, 4) is 0 Å². The first-order valence-corrected chi connectivity index (χ1v) is 4.64. The van der Waals surface area contributed by atoms with Crippen LogP contribution in [-0.4, -0.2) is 4.92 Å². The average Bonchev–Trinajstić information content (AvgIpc) is 2.18. The van der Waals surface area contributed by atoms with E-state index >= 15 is 0 Å². The minimum absolute atomic E-state index is 0.277. The molecule has 0 amide bonds. The maximum absolute atomic E-state index is 10.6. The van der Waals surface area contributed by atoms with Gasteiger partial charge in [0.1, 0.15) is 0 Å². The molecule has 3 heteroatoms. The van der Waals surface area contributed by atoms with Crippen LogP contribution in [0.1, 0.15) is 25.3 Å². The Balaban J connectivity index is 2.88. The van der Waals surface area contributed by atoms with Gasteiger partial charge in [0.25, 0.3) is 0 Å². The Bertz CT molecular complexity index is 330. The van der Waals surface area contributed by atoms with Gasteiger partial charge in [-0.05, 0) is 12.0 Å². The zero-order valence-corrected chi connectivity index (χ0v) is 8.14. The molecule has 0 N–H and O–H groups in total. The van der Waals surface area contributed by atoms with Gasteiger partial charge in [-0.2, -0.15) is 0 Å². The van der Waals surface area contributed by atoms with Crippen molar-refractivity contribution in [3.63, 3.8) is 0 Å². The second-order valence-electron chi connectivity index (χ2n) is 3.05. The number of benzene rings is 1. The van der Waals surface area contributed by atoms with Crippen LogP contribution in [0.25, 0.3) is 6.08 Å². The zero-order valence-electron chi connectivity index (χ0n) is 8.14. The van der Waals surface area contributed by atoms with Crippen molar-refractivity contribution in [2.45, 2.75) is 19.8 Å². The van der Waals surface area contributed by atoms with Crippen LogP contribution in [0.3, 0.4) is 0 Å². The molecule has 0 aliphatic rings. The van der Waals surface area contributed by atoms with Crippen LogP contribution >= 0.6 is 0 Å². The van der Waals surface area contributed by atoms with E-state index in [1.165, 1.54) is 0 Å². The van der Waals surface area contributed by atoms with Gasteiger partial charge in [0.2, 0.25) is 5.70 Å². The van der Waals surface area contributed by atoms with Crippen LogP contribution in [0.2, 0.25) is 0 Å². The molecule has 1 aromatic rings. The SMILES string of the molecule is CCCC(=Cc1ccccc1)[N+](=O)[O-]. The van der Waals surface area contributed by atoms with Crippen LogP contribution in [0, 0.1) is 10.1 Å². The van der Waals surface area contributed by atoms with Gasteiger partial charge in [0.15, 0.2) is 0 Å². The van der Waals surface area contributed by atoms with Crippen molar-refractivity contribution in [2.75, 3.05) is 0 Å². The molecule has 0 bridgehead atoms. The number of nitrogens with zero attached hydrogens (tertiary/aromatic N) is 1. The van der Waals surface area contributed by atoms with Gasteiger partial charge in [-0.15, -0.1) is 0 Å². The summed E-state index contributed by atoms with van der Waals surface area (Å²) in [4.78, 5) is 10.3. The average molecular weight is 191 g/mol. The Labute approximate surface area is 83.2 Å². The van der Waals surface area contributed by atoms with Crippen molar-refractivity contribution in [3.05, 3.63) is 51.7 Å². The lowest BCUT2D eigenvalue weighted by Gasteiger charge is -1.96. The smallest absolute Gasteiger partial charge is 0.246 e. The lowest BCUT2D eigenvalue weighted by Crippen LogP contribution is -1.97. The third-order valence-electron chi connectivity index (χ3n) is 1.87. The summed E-state index contributed by atoms with van der Waals surface area (Å²) < 4.78 is 0. The Morgan fingerprint density at radius 3 is 2.57 bits per heavy atom. The Hall–Kier alpha value is -1.64. The van der Waals surface area contributed by atoms with E-state index in [1.807, 2.05) is 37.3 Å². The van der Waals surface area contributed by atoms with Crippen molar-refractivity contribution in [1.82, 2.24) is 0 Å². The molecule has 0 aromatic heterocycles. The van der Waals surface area contributed by atoms with Crippen LogP contribution in [0.5, 0.6) is 0 Å². The van der Waals surface area contributed by atoms with Gasteiger partial charge in [-0.3, -0.25) is 10.1 Å². The molecule has 0 aliphatic heterocycles. The predicted octanol–water partition coefficient (Wildman–Crippen LogP) is 3.10. The number of allylic oxidation sites excluding steroid dienone is 1. The first kappa shape index (κ1) is 10.4. The normalized spacial score (nSPS) is 11.4. The lowest BCUT2D eigenvalue weighted by molar-refractivity contribution is -0.426. The maximum Gasteiger partial charge on any atom is 0.246 e. The first-order chi connectivity index (χ1) is 6.74. The molecule has 0 atom stereocenters. The molecule has 0 saturated carbocycles. The van der Waals surface area contributed by atoms with E-state index < -0.39 is 0 Å². The van der Waals surface area contributed by atoms with Crippen molar-refractivity contribution < 1.29 is 4.92 Å². The Morgan fingerprint density at radius 2 is 2.07 bits per heavy atom. The Morgan fingerprint density at radius 1 is 1.43 bits per heavy atom. The minimum atomic E-state index is -0.309. The molecule has 0 aliphatic carbocycles. The molecule has 14 heavy (non-hydrogen) atoms. The molecule has 0 radical (unpaired) electrons. The van der Waals surface area contributed by atoms with Crippen LogP contribution < -0.4 is 0 Å². The minimum Gasteiger partial charge on any atom is -0.259 e. The second-order valence-corrected chi connectivity index (χ2v) is 3.05. The highest BCUT2D eigenvalue weighted by molar-refractivity contribution is 5.50. The molecule has 0 heterocycles. The summed E-state index contributed by atoms with van der Waals surface area (Å²) in [6.45, 7) is 1.93. The highest BCUT2D eigenvalue weighted by atomic mass is 16.6. The van der Waals surface area contributed by atoms with Gasteiger partial charge in [0, 0.05) is 12.5 Å². The molecule has 0 saturated heterocycles. The van der Waals surface area contributed by atoms with E-state index in [4.69, 9.17) is 0 Å². The molecule has 0 spiro atoms. The van der Waals surface area contributed by atoms with Gasteiger partial charge in [0.05, 0.1) is 4.92 Å². The summed E-state index contributed by atoms with van der Waals surface area (Å²) >= 11 is 0. The second kappa shape index (κ2) is 5.17. The summed E-state index contributed by atoms with van der Waals surface area (Å²) in [7, 11) is 0. The fourth-order valence-corrected chi connectivity index (χ4v) is 1.21. The number of hydrogen-bond donors (Lipinski definition) is 0. The Kier molecular flexibility index (Phi) is 3.85. The third kappa shape index (κ3) is 3.01.